The Labute approximate surface area is 686 Å². The molecule has 26 aromatic rings. The van der Waals surface area contributed by atoms with Gasteiger partial charge in [-0.3, -0.25) is 0 Å². The Balaban J connectivity index is 0.646. The van der Waals surface area contributed by atoms with Crippen LogP contribution in [0.1, 0.15) is 0 Å². The van der Waals surface area contributed by atoms with Gasteiger partial charge >= 0.3 is 0 Å². The molecule has 0 fully saturated rings. The Bertz CT molecular complexity index is 8920. The second-order valence-corrected chi connectivity index (χ2v) is 32.2. The third-order valence-electron chi connectivity index (χ3n) is 24.4. The average Bonchev–Trinajstić information content (AvgIpc) is 1.55. The zero-order valence-electron chi connectivity index (χ0n) is 63.9. The second kappa shape index (κ2) is 25.7. The van der Waals surface area contributed by atoms with Gasteiger partial charge in [0.2, 0.25) is 0 Å². The number of furan rings is 3. The van der Waals surface area contributed by atoms with E-state index in [1.807, 2.05) is 42.5 Å². The molecule has 18 aromatic carbocycles. The summed E-state index contributed by atoms with van der Waals surface area (Å²) in [6, 6.07) is 129. The van der Waals surface area contributed by atoms with E-state index in [9.17, 15) is 0 Å². The molecule has 0 saturated heterocycles. The standard InChI is InChI=1S/C108H60N8O3S/c1-3-24-67-59-91-85(55-65(67)22-1)73-32-7-12-40-89(73)115(91)98-82(49-47-78-75-34-9-15-43-94(75)118-100(78)98)106-110-103(109-104(111-106)71-46-52-95-87(58-71)76-35-10-14-42-93(76)117-95)70-30-18-29-64(54-70)62-27-17-28-63(53-62)69-45-51-96-88(57-69)79-48-50-83(99(101(79)119-96)116-90-41-13-8-33-74(90)86-56-66-23-2-4-25-68(66)60-92(86)116)107-112-105(81-38-19-26-61-21-5-6-31-72(61)81)113-108(114-107)84-39-20-37-80-77-36-11-16-44-97(77)120-102(80)84/h1-60H. The lowest BCUT2D eigenvalue weighted by atomic mass is 9.96. The first kappa shape index (κ1) is 66.3. The van der Waals surface area contributed by atoms with E-state index in [-0.39, 0.29) is 0 Å². The fraction of sp³-hybridized carbons (Fsp3) is 0. The van der Waals surface area contributed by atoms with E-state index in [2.05, 4.69) is 331 Å². The number of nitrogens with zero attached hydrogens (tertiary/aromatic N) is 8. The Kier molecular flexibility index (Phi) is 14.2. The SMILES string of the molecule is c1cc(-c2cccc(-c3nc(-c4ccc5oc6ccccc6c5c4)nc(-c4ccc5c(oc6ccccc65)c4-n4c5ccccc5c5cc6ccccc6cc54)n3)c2)cc(-c2ccc3oc4c(-n5c6ccccc6c6cc7ccccc7cc65)c(-c5nc(-c6cccc7ccccc67)nc(-c6cccc7c6sc6ccccc67)n5)ccc4c3c2)c1. The van der Waals surface area contributed by atoms with Gasteiger partial charge in [-0.15, -0.1) is 11.3 Å². The highest BCUT2D eigenvalue weighted by atomic mass is 32.1. The molecule has 0 amide bonds. The fourth-order valence-electron chi connectivity index (χ4n) is 18.8. The van der Waals surface area contributed by atoms with Crippen LogP contribution in [0.25, 0.3) is 264 Å². The Morgan fingerprint density at radius 1 is 0.200 bits per heavy atom. The first-order valence-electron chi connectivity index (χ1n) is 40.3. The summed E-state index contributed by atoms with van der Waals surface area (Å²) in [5.41, 5.74) is 19.4. The number of benzene rings is 18. The third-order valence-corrected chi connectivity index (χ3v) is 25.6. The molecule has 8 aromatic heterocycles. The van der Waals surface area contributed by atoms with E-state index in [1.165, 1.54) is 10.1 Å². The summed E-state index contributed by atoms with van der Waals surface area (Å²) in [5.74, 6) is 3.18. The van der Waals surface area contributed by atoms with Crippen molar-refractivity contribution in [3.05, 3.63) is 364 Å². The second-order valence-electron chi connectivity index (χ2n) is 31.1. The molecule has 556 valence electrons. The predicted molar refractivity (Wildman–Crippen MR) is 493 cm³/mol. The van der Waals surface area contributed by atoms with Gasteiger partial charge in [0.25, 0.3) is 0 Å². The molecule has 26 rings (SSSR count). The van der Waals surface area contributed by atoms with Crippen LogP contribution in [0, 0.1) is 0 Å². The molecule has 0 atom stereocenters. The molecular formula is C108H60N8O3S. The zero-order chi connectivity index (χ0) is 78.4. The largest absolute Gasteiger partial charge is 0.456 e. The molecule has 0 saturated carbocycles. The molecule has 0 radical (unpaired) electrons. The molecule has 0 aliphatic heterocycles. The van der Waals surface area contributed by atoms with E-state index in [1.54, 1.807) is 11.3 Å². The quantitative estimate of drug-likeness (QED) is 0.131. The summed E-state index contributed by atoms with van der Waals surface area (Å²) in [7, 11) is 0. The molecule has 8 heterocycles. The van der Waals surface area contributed by atoms with Crippen molar-refractivity contribution < 1.29 is 13.3 Å². The molecule has 0 unspecified atom stereocenters. The van der Waals surface area contributed by atoms with Crippen LogP contribution < -0.4 is 0 Å². The normalized spacial score (nSPS) is 12.2. The Morgan fingerprint density at radius 3 is 1.22 bits per heavy atom. The van der Waals surface area contributed by atoms with Gasteiger partial charge in [0.15, 0.2) is 46.1 Å². The number of hydrogen-bond acceptors (Lipinski definition) is 10. The van der Waals surface area contributed by atoms with Crippen molar-refractivity contribution in [2.24, 2.45) is 0 Å². The molecular weight excluding hydrogens is 1490 g/mol. The maximum atomic E-state index is 7.47. The van der Waals surface area contributed by atoms with Crippen molar-refractivity contribution in [1.29, 1.82) is 0 Å². The van der Waals surface area contributed by atoms with Gasteiger partial charge in [-0.05, 0) is 182 Å². The lowest BCUT2D eigenvalue weighted by Crippen LogP contribution is -2.04. The monoisotopic (exact) mass is 1550 g/mol. The Hall–Kier alpha value is -16.0. The van der Waals surface area contributed by atoms with Crippen LogP contribution in [-0.2, 0) is 0 Å². The number of thiophene rings is 1. The van der Waals surface area contributed by atoms with Gasteiger partial charge in [0, 0.05) is 107 Å². The van der Waals surface area contributed by atoms with E-state index in [0.717, 1.165) is 213 Å². The van der Waals surface area contributed by atoms with Crippen molar-refractivity contribution in [3.8, 4) is 102 Å². The van der Waals surface area contributed by atoms with Crippen molar-refractivity contribution in [2.75, 3.05) is 0 Å². The summed E-state index contributed by atoms with van der Waals surface area (Å²) in [6.45, 7) is 0. The number of rotatable bonds is 10. The zero-order valence-corrected chi connectivity index (χ0v) is 64.7. The van der Waals surface area contributed by atoms with Crippen molar-refractivity contribution >= 4 is 173 Å². The minimum Gasteiger partial charge on any atom is -0.456 e. The van der Waals surface area contributed by atoms with Gasteiger partial charge in [0.05, 0.1) is 22.1 Å². The van der Waals surface area contributed by atoms with Crippen molar-refractivity contribution in [3.63, 3.8) is 0 Å². The van der Waals surface area contributed by atoms with Crippen LogP contribution in [0.4, 0.5) is 0 Å². The molecule has 0 aliphatic rings. The number of aromatic nitrogens is 8. The van der Waals surface area contributed by atoms with E-state index in [4.69, 9.17) is 43.2 Å². The van der Waals surface area contributed by atoms with Crippen molar-refractivity contribution in [1.82, 2.24) is 39.0 Å². The van der Waals surface area contributed by atoms with Crippen LogP contribution >= 0.6 is 11.3 Å². The summed E-state index contributed by atoms with van der Waals surface area (Å²) in [4.78, 5) is 33.5. The summed E-state index contributed by atoms with van der Waals surface area (Å²) in [5, 5.41) is 19.5. The van der Waals surface area contributed by atoms with Crippen LogP contribution in [0.15, 0.2) is 377 Å². The molecule has 0 spiro atoms. The topological polar surface area (TPSA) is 127 Å². The van der Waals surface area contributed by atoms with Gasteiger partial charge in [-0.2, -0.15) is 0 Å². The highest BCUT2D eigenvalue weighted by Gasteiger charge is 2.29. The smallest absolute Gasteiger partial charge is 0.166 e. The predicted octanol–water partition coefficient (Wildman–Crippen LogP) is 29.1. The molecule has 12 heteroatoms. The minimum atomic E-state index is 0.487. The number of fused-ring (bicyclic) bond motifs is 21. The van der Waals surface area contributed by atoms with Gasteiger partial charge < -0.3 is 22.4 Å². The maximum Gasteiger partial charge on any atom is 0.166 e. The molecule has 120 heavy (non-hydrogen) atoms. The molecule has 0 bridgehead atoms. The average molecular weight is 1550 g/mol. The molecule has 0 N–H and O–H groups in total. The van der Waals surface area contributed by atoms with Gasteiger partial charge in [0.1, 0.15) is 33.7 Å². The number of para-hydroxylation sites is 4. The first-order chi connectivity index (χ1) is 59.4. The lowest BCUT2D eigenvalue weighted by molar-refractivity contribution is 0.666. The lowest BCUT2D eigenvalue weighted by Gasteiger charge is -2.16. The first-order valence-corrected chi connectivity index (χ1v) is 41.1. The maximum absolute atomic E-state index is 7.47. The van der Waals surface area contributed by atoms with Gasteiger partial charge in [-0.25, -0.2) is 29.9 Å². The van der Waals surface area contributed by atoms with Crippen molar-refractivity contribution in [2.45, 2.75) is 0 Å². The van der Waals surface area contributed by atoms with E-state index < -0.39 is 0 Å². The van der Waals surface area contributed by atoms with Gasteiger partial charge in [-0.1, -0.05) is 237 Å². The highest BCUT2D eigenvalue weighted by molar-refractivity contribution is 7.26. The van der Waals surface area contributed by atoms with Crippen LogP contribution in [0.5, 0.6) is 0 Å². The summed E-state index contributed by atoms with van der Waals surface area (Å²) >= 11 is 1.77. The summed E-state index contributed by atoms with van der Waals surface area (Å²) < 4.78 is 28.1. The van der Waals surface area contributed by atoms with E-state index in [0.29, 0.717) is 40.5 Å². The van der Waals surface area contributed by atoms with E-state index >= 15 is 0 Å². The molecule has 11 nitrogen and oxygen atoms in total. The van der Waals surface area contributed by atoms with Crippen LogP contribution in [0.3, 0.4) is 0 Å². The highest BCUT2D eigenvalue weighted by Crippen LogP contribution is 2.49. The number of hydrogen-bond donors (Lipinski definition) is 0. The van der Waals surface area contributed by atoms with Crippen LogP contribution in [0.2, 0.25) is 0 Å². The Morgan fingerprint density at radius 2 is 0.583 bits per heavy atom. The minimum absolute atomic E-state index is 0.487. The molecule has 0 aliphatic carbocycles. The fourth-order valence-corrected chi connectivity index (χ4v) is 20.0. The third kappa shape index (κ3) is 10.2. The summed E-state index contributed by atoms with van der Waals surface area (Å²) in [6.07, 6.45) is 0. The van der Waals surface area contributed by atoms with Crippen LogP contribution in [-0.4, -0.2) is 39.0 Å².